The molecule has 0 fully saturated rings. The molecule has 0 aliphatic heterocycles. The van der Waals surface area contributed by atoms with Gasteiger partial charge in [-0.1, -0.05) is 31.5 Å². The van der Waals surface area contributed by atoms with Crippen molar-refractivity contribution in [2.75, 3.05) is 7.11 Å². The van der Waals surface area contributed by atoms with Crippen molar-refractivity contribution < 1.29 is 4.74 Å². The SMILES string of the molecule is CCCC(C)NCc1ccccc1OC. The second kappa shape index (κ2) is 6.46. The first kappa shape index (κ1) is 12.1. The molecule has 0 amide bonds. The minimum Gasteiger partial charge on any atom is -0.496 e. The second-order valence-electron chi connectivity index (χ2n) is 3.88. The molecule has 2 nitrogen and oxygen atoms in total. The molecule has 0 radical (unpaired) electrons. The maximum atomic E-state index is 5.30. The number of rotatable bonds is 6. The van der Waals surface area contributed by atoms with E-state index in [2.05, 4.69) is 25.2 Å². The Morgan fingerprint density at radius 3 is 2.73 bits per heavy atom. The van der Waals surface area contributed by atoms with E-state index in [9.17, 15) is 0 Å². The maximum absolute atomic E-state index is 5.30. The quantitative estimate of drug-likeness (QED) is 0.774. The van der Waals surface area contributed by atoms with Crippen LogP contribution in [0.3, 0.4) is 0 Å². The zero-order valence-corrected chi connectivity index (χ0v) is 9.92. The first-order valence-electron chi connectivity index (χ1n) is 5.63. The van der Waals surface area contributed by atoms with Crippen molar-refractivity contribution in [2.24, 2.45) is 0 Å². The Hall–Kier alpha value is -1.02. The van der Waals surface area contributed by atoms with Gasteiger partial charge in [-0.3, -0.25) is 0 Å². The summed E-state index contributed by atoms with van der Waals surface area (Å²) in [4.78, 5) is 0. The van der Waals surface area contributed by atoms with Gasteiger partial charge in [-0.05, 0) is 19.4 Å². The van der Waals surface area contributed by atoms with Gasteiger partial charge in [0.25, 0.3) is 0 Å². The number of methoxy groups -OCH3 is 1. The molecule has 1 atom stereocenters. The van der Waals surface area contributed by atoms with Gasteiger partial charge in [0.05, 0.1) is 7.11 Å². The van der Waals surface area contributed by atoms with Gasteiger partial charge in [-0.2, -0.15) is 0 Å². The molecule has 0 bridgehead atoms. The fourth-order valence-corrected chi connectivity index (χ4v) is 1.67. The van der Waals surface area contributed by atoms with E-state index in [-0.39, 0.29) is 0 Å². The lowest BCUT2D eigenvalue weighted by atomic mass is 10.1. The largest absolute Gasteiger partial charge is 0.496 e. The van der Waals surface area contributed by atoms with Crippen LogP contribution in [0.25, 0.3) is 0 Å². The van der Waals surface area contributed by atoms with E-state index in [1.165, 1.54) is 18.4 Å². The van der Waals surface area contributed by atoms with Crippen molar-refractivity contribution in [3.05, 3.63) is 29.8 Å². The van der Waals surface area contributed by atoms with Crippen LogP contribution in [-0.2, 0) is 6.54 Å². The predicted octanol–water partition coefficient (Wildman–Crippen LogP) is 2.97. The van der Waals surface area contributed by atoms with Crippen LogP contribution in [0.15, 0.2) is 24.3 Å². The Morgan fingerprint density at radius 1 is 1.33 bits per heavy atom. The van der Waals surface area contributed by atoms with Crippen LogP contribution in [0.5, 0.6) is 5.75 Å². The maximum Gasteiger partial charge on any atom is 0.123 e. The van der Waals surface area contributed by atoms with E-state index in [1.54, 1.807) is 7.11 Å². The molecule has 0 saturated heterocycles. The molecular weight excluding hydrogens is 186 g/mol. The lowest BCUT2D eigenvalue weighted by Gasteiger charge is -2.14. The van der Waals surface area contributed by atoms with Gasteiger partial charge in [0.2, 0.25) is 0 Å². The fraction of sp³-hybridized carbons (Fsp3) is 0.538. The van der Waals surface area contributed by atoms with E-state index in [4.69, 9.17) is 4.74 Å². The predicted molar refractivity (Wildman–Crippen MR) is 64.2 cm³/mol. The highest BCUT2D eigenvalue weighted by molar-refractivity contribution is 5.32. The third-order valence-corrected chi connectivity index (χ3v) is 2.56. The molecule has 0 aliphatic carbocycles. The Bertz CT molecular complexity index is 286. The normalized spacial score (nSPS) is 12.5. The van der Waals surface area contributed by atoms with Crippen LogP contribution in [0.1, 0.15) is 32.3 Å². The first-order chi connectivity index (χ1) is 7.27. The Kier molecular flexibility index (Phi) is 5.19. The molecule has 1 rings (SSSR count). The van der Waals surface area contributed by atoms with Gasteiger partial charge in [-0.25, -0.2) is 0 Å². The molecule has 2 heteroatoms. The summed E-state index contributed by atoms with van der Waals surface area (Å²) in [6.07, 6.45) is 2.44. The van der Waals surface area contributed by atoms with Crippen molar-refractivity contribution in [1.29, 1.82) is 0 Å². The molecule has 0 spiro atoms. The minimum atomic E-state index is 0.569. The number of ether oxygens (including phenoxy) is 1. The summed E-state index contributed by atoms with van der Waals surface area (Å²) in [7, 11) is 1.72. The van der Waals surface area contributed by atoms with E-state index >= 15 is 0 Å². The second-order valence-corrected chi connectivity index (χ2v) is 3.88. The summed E-state index contributed by atoms with van der Waals surface area (Å²) in [5.74, 6) is 0.966. The Labute approximate surface area is 92.6 Å². The van der Waals surface area contributed by atoms with Crippen LogP contribution < -0.4 is 10.1 Å². The van der Waals surface area contributed by atoms with Gasteiger partial charge < -0.3 is 10.1 Å². The number of hydrogen-bond donors (Lipinski definition) is 1. The molecule has 1 aromatic rings. The summed E-state index contributed by atoms with van der Waals surface area (Å²) < 4.78 is 5.30. The van der Waals surface area contributed by atoms with Crippen molar-refractivity contribution in [3.63, 3.8) is 0 Å². The lowest BCUT2D eigenvalue weighted by Crippen LogP contribution is -2.25. The average Bonchev–Trinajstić information content (AvgIpc) is 2.27. The third-order valence-electron chi connectivity index (χ3n) is 2.56. The smallest absolute Gasteiger partial charge is 0.123 e. The molecule has 15 heavy (non-hydrogen) atoms. The highest BCUT2D eigenvalue weighted by Crippen LogP contribution is 2.16. The zero-order chi connectivity index (χ0) is 11.1. The first-order valence-corrected chi connectivity index (χ1v) is 5.63. The molecular formula is C13H21NO. The molecule has 0 aromatic heterocycles. The Morgan fingerprint density at radius 2 is 2.07 bits per heavy atom. The minimum absolute atomic E-state index is 0.569. The van der Waals surface area contributed by atoms with Crippen LogP contribution in [-0.4, -0.2) is 13.2 Å². The lowest BCUT2D eigenvalue weighted by molar-refractivity contribution is 0.404. The summed E-state index contributed by atoms with van der Waals surface area (Å²) in [6, 6.07) is 8.72. The summed E-state index contributed by atoms with van der Waals surface area (Å²) >= 11 is 0. The van der Waals surface area contributed by atoms with Gasteiger partial charge in [0, 0.05) is 18.2 Å². The highest BCUT2D eigenvalue weighted by atomic mass is 16.5. The molecule has 1 unspecified atom stereocenters. The number of benzene rings is 1. The van der Waals surface area contributed by atoms with Crippen molar-refractivity contribution in [2.45, 2.75) is 39.3 Å². The fourth-order valence-electron chi connectivity index (χ4n) is 1.67. The molecule has 0 saturated carbocycles. The van der Waals surface area contributed by atoms with Crippen molar-refractivity contribution in [3.8, 4) is 5.75 Å². The standard InChI is InChI=1S/C13H21NO/c1-4-7-11(2)14-10-12-8-5-6-9-13(12)15-3/h5-6,8-9,11,14H,4,7,10H2,1-3H3. The molecule has 0 heterocycles. The topological polar surface area (TPSA) is 21.3 Å². The van der Waals surface area contributed by atoms with Crippen LogP contribution in [0, 0.1) is 0 Å². The van der Waals surface area contributed by atoms with E-state index < -0.39 is 0 Å². The van der Waals surface area contributed by atoms with E-state index in [0.29, 0.717) is 6.04 Å². The van der Waals surface area contributed by atoms with Crippen LogP contribution >= 0.6 is 0 Å². The van der Waals surface area contributed by atoms with E-state index in [1.807, 2.05) is 18.2 Å². The molecule has 84 valence electrons. The van der Waals surface area contributed by atoms with Gasteiger partial charge in [0.1, 0.15) is 5.75 Å². The Balaban J connectivity index is 2.49. The summed E-state index contributed by atoms with van der Waals surface area (Å²) in [6.45, 7) is 5.31. The average molecular weight is 207 g/mol. The number of para-hydroxylation sites is 1. The number of hydrogen-bond acceptors (Lipinski definition) is 2. The zero-order valence-electron chi connectivity index (χ0n) is 9.92. The van der Waals surface area contributed by atoms with Crippen LogP contribution in [0.2, 0.25) is 0 Å². The molecule has 1 aromatic carbocycles. The van der Waals surface area contributed by atoms with Crippen molar-refractivity contribution >= 4 is 0 Å². The van der Waals surface area contributed by atoms with E-state index in [0.717, 1.165) is 12.3 Å². The number of nitrogens with one attached hydrogen (secondary N) is 1. The van der Waals surface area contributed by atoms with Gasteiger partial charge in [0.15, 0.2) is 0 Å². The molecule has 0 aliphatic rings. The summed E-state index contributed by atoms with van der Waals surface area (Å²) in [5.41, 5.74) is 1.22. The summed E-state index contributed by atoms with van der Waals surface area (Å²) in [5, 5.41) is 3.49. The highest BCUT2D eigenvalue weighted by Gasteiger charge is 2.03. The molecule has 1 N–H and O–H groups in total. The van der Waals surface area contributed by atoms with Gasteiger partial charge >= 0.3 is 0 Å². The van der Waals surface area contributed by atoms with Gasteiger partial charge in [-0.15, -0.1) is 0 Å². The third kappa shape index (κ3) is 3.92. The van der Waals surface area contributed by atoms with Crippen LogP contribution in [0.4, 0.5) is 0 Å². The monoisotopic (exact) mass is 207 g/mol. The van der Waals surface area contributed by atoms with Crippen molar-refractivity contribution in [1.82, 2.24) is 5.32 Å².